The number of benzene rings is 2. The topological polar surface area (TPSA) is 73.9 Å². The molecule has 2 aromatic carbocycles. The molecular weight excluding hydrogens is 360 g/mol. The molecule has 0 spiro atoms. The van der Waals surface area contributed by atoms with Gasteiger partial charge in [-0.25, -0.2) is 13.6 Å². The van der Waals surface area contributed by atoms with Gasteiger partial charge >= 0.3 is 5.97 Å². The molecule has 27 heavy (non-hydrogen) atoms. The van der Waals surface area contributed by atoms with Crippen LogP contribution in [-0.2, 0) is 14.3 Å². The molecule has 0 saturated heterocycles. The lowest BCUT2D eigenvalue weighted by Gasteiger charge is -2.07. The van der Waals surface area contributed by atoms with E-state index in [-0.39, 0.29) is 5.69 Å². The van der Waals surface area contributed by atoms with Crippen LogP contribution in [0.4, 0.5) is 14.5 Å². The molecule has 0 heterocycles. The van der Waals surface area contributed by atoms with Gasteiger partial charge in [-0.2, -0.15) is 0 Å². The van der Waals surface area contributed by atoms with Crippen molar-refractivity contribution in [2.24, 2.45) is 0 Å². The van der Waals surface area contributed by atoms with Gasteiger partial charge in [0, 0.05) is 18.2 Å². The second-order valence-corrected chi connectivity index (χ2v) is 5.26. The van der Waals surface area contributed by atoms with Crippen molar-refractivity contribution in [2.75, 3.05) is 26.1 Å². The van der Waals surface area contributed by atoms with E-state index in [4.69, 9.17) is 14.2 Å². The Kier molecular flexibility index (Phi) is 6.87. The number of ether oxygens (including phenoxy) is 3. The molecule has 1 N–H and O–H groups in total. The molecule has 8 heteroatoms. The molecule has 1 amide bonds. The first kappa shape index (κ1) is 19.9. The van der Waals surface area contributed by atoms with Crippen LogP contribution in [0.5, 0.6) is 11.5 Å². The van der Waals surface area contributed by atoms with Gasteiger partial charge in [0.05, 0.1) is 19.9 Å². The first-order valence-electron chi connectivity index (χ1n) is 7.74. The summed E-state index contributed by atoms with van der Waals surface area (Å²) in [5, 5.41) is 2.12. The van der Waals surface area contributed by atoms with Crippen LogP contribution in [-0.4, -0.2) is 32.7 Å². The lowest BCUT2D eigenvalue weighted by atomic mass is 10.2. The molecule has 0 radical (unpaired) electrons. The van der Waals surface area contributed by atoms with E-state index in [2.05, 4.69) is 5.32 Å². The predicted octanol–water partition coefficient (Wildman–Crippen LogP) is 3.18. The number of hydrogen-bond acceptors (Lipinski definition) is 5. The number of anilines is 1. The van der Waals surface area contributed by atoms with Crippen molar-refractivity contribution < 1.29 is 32.6 Å². The normalized spacial score (nSPS) is 10.5. The highest BCUT2D eigenvalue weighted by atomic mass is 19.1. The third kappa shape index (κ3) is 6.10. The Bertz CT molecular complexity index is 845. The number of esters is 1. The first-order valence-corrected chi connectivity index (χ1v) is 7.74. The van der Waals surface area contributed by atoms with E-state index in [0.717, 1.165) is 24.3 Å². The van der Waals surface area contributed by atoms with Crippen LogP contribution in [0.3, 0.4) is 0 Å². The monoisotopic (exact) mass is 377 g/mol. The van der Waals surface area contributed by atoms with Gasteiger partial charge in [0.1, 0.15) is 23.1 Å². The number of rotatable bonds is 7. The van der Waals surface area contributed by atoms with Crippen LogP contribution in [0.2, 0.25) is 0 Å². The number of carbonyl (C=O) groups is 2. The van der Waals surface area contributed by atoms with Crippen LogP contribution in [0.25, 0.3) is 6.08 Å². The highest BCUT2D eigenvalue weighted by Gasteiger charge is 2.10. The Balaban J connectivity index is 1.91. The largest absolute Gasteiger partial charge is 0.497 e. The van der Waals surface area contributed by atoms with Gasteiger partial charge in [0.15, 0.2) is 6.61 Å². The zero-order valence-electron chi connectivity index (χ0n) is 14.6. The molecule has 2 aromatic rings. The number of halogens is 2. The number of hydrogen-bond donors (Lipinski definition) is 1. The van der Waals surface area contributed by atoms with Crippen LogP contribution in [0, 0.1) is 11.6 Å². The smallest absolute Gasteiger partial charge is 0.331 e. The second-order valence-electron chi connectivity index (χ2n) is 5.26. The highest BCUT2D eigenvalue weighted by molar-refractivity contribution is 5.94. The lowest BCUT2D eigenvalue weighted by Crippen LogP contribution is -2.20. The summed E-state index contributed by atoms with van der Waals surface area (Å²) < 4.78 is 41.5. The van der Waals surface area contributed by atoms with E-state index in [9.17, 15) is 18.4 Å². The average molecular weight is 377 g/mol. The molecular formula is C19H17F2NO5. The Morgan fingerprint density at radius 1 is 1.04 bits per heavy atom. The van der Waals surface area contributed by atoms with E-state index in [1.807, 2.05) is 0 Å². The standard InChI is InChI=1S/C19H17F2NO5/c1-25-14-7-12(8-15(10-14)26-2)3-6-19(24)27-11-18(23)22-17-9-13(20)4-5-16(17)21/h3-10H,11H2,1-2H3,(H,22,23)/b6-3+. The molecule has 0 aromatic heterocycles. The maximum absolute atomic E-state index is 13.4. The average Bonchev–Trinajstić information content (AvgIpc) is 2.67. The third-order valence-electron chi connectivity index (χ3n) is 3.33. The molecule has 0 aliphatic heterocycles. The van der Waals surface area contributed by atoms with E-state index < -0.39 is 30.1 Å². The van der Waals surface area contributed by atoms with E-state index >= 15 is 0 Å². The van der Waals surface area contributed by atoms with Gasteiger partial charge in [-0.1, -0.05) is 0 Å². The van der Waals surface area contributed by atoms with Crippen molar-refractivity contribution in [3.8, 4) is 11.5 Å². The summed E-state index contributed by atoms with van der Waals surface area (Å²) in [5.74, 6) is -2.02. The minimum absolute atomic E-state index is 0.338. The lowest BCUT2D eigenvalue weighted by molar-refractivity contribution is -0.142. The van der Waals surface area contributed by atoms with Crippen molar-refractivity contribution >= 4 is 23.6 Å². The summed E-state index contributed by atoms with van der Waals surface area (Å²) >= 11 is 0. The fourth-order valence-corrected chi connectivity index (χ4v) is 2.05. The van der Waals surface area contributed by atoms with E-state index in [1.165, 1.54) is 20.3 Å². The zero-order valence-corrected chi connectivity index (χ0v) is 14.6. The molecule has 142 valence electrons. The molecule has 0 fully saturated rings. The molecule has 0 aliphatic carbocycles. The molecule has 0 unspecified atom stereocenters. The van der Waals surface area contributed by atoms with Gasteiger partial charge < -0.3 is 19.5 Å². The van der Waals surface area contributed by atoms with E-state index in [0.29, 0.717) is 17.1 Å². The van der Waals surface area contributed by atoms with Crippen molar-refractivity contribution in [3.63, 3.8) is 0 Å². The summed E-state index contributed by atoms with van der Waals surface area (Å²) in [6, 6.07) is 7.64. The molecule has 0 bridgehead atoms. The van der Waals surface area contributed by atoms with Crippen LogP contribution in [0.15, 0.2) is 42.5 Å². The van der Waals surface area contributed by atoms with E-state index in [1.54, 1.807) is 18.2 Å². The molecule has 0 saturated carbocycles. The SMILES string of the molecule is COc1cc(/C=C/C(=O)OCC(=O)Nc2cc(F)ccc2F)cc(OC)c1. The van der Waals surface area contributed by atoms with Crippen LogP contribution < -0.4 is 14.8 Å². The summed E-state index contributed by atoms with van der Waals surface area (Å²) in [6.07, 6.45) is 2.57. The Labute approximate surface area is 154 Å². The second kappa shape index (κ2) is 9.33. The fourth-order valence-electron chi connectivity index (χ4n) is 2.05. The molecule has 0 atom stereocenters. The Morgan fingerprint density at radius 3 is 2.33 bits per heavy atom. The summed E-state index contributed by atoms with van der Waals surface area (Å²) in [7, 11) is 2.99. The maximum Gasteiger partial charge on any atom is 0.331 e. The number of nitrogens with one attached hydrogen (secondary N) is 1. The number of carbonyl (C=O) groups excluding carboxylic acids is 2. The van der Waals surface area contributed by atoms with Crippen LogP contribution >= 0.6 is 0 Å². The molecule has 6 nitrogen and oxygen atoms in total. The van der Waals surface area contributed by atoms with Gasteiger partial charge in [-0.15, -0.1) is 0 Å². The quantitative estimate of drug-likeness (QED) is 0.593. The van der Waals surface area contributed by atoms with Gasteiger partial charge in [0.2, 0.25) is 0 Å². The molecule has 2 rings (SSSR count). The third-order valence-corrected chi connectivity index (χ3v) is 3.33. The summed E-state index contributed by atoms with van der Waals surface area (Å²) in [6.45, 7) is -0.652. The number of amides is 1. The van der Waals surface area contributed by atoms with Crippen molar-refractivity contribution in [1.82, 2.24) is 0 Å². The Hall–Kier alpha value is -3.42. The number of methoxy groups -OCH3 is 2. The van der Waals surface area contributed by atoms with Crippen LogP contribution in [0.1, 0.15) is 5.56 Å². The van der Waals surface area contributed by atoms with Gasteiger partial charge in [-0.3, -0.25) is 4.79 Å². The first-order chi connectivity index (χ1) is 12.9. The van der Waals surface area contributed by atoms with Crippen molar-refractivity contribution in [2.45, 2.75) is 0 Å². The van der Waals surface area contributed by atoms with Gasteiger partial charge in [-0.05, 0) is 35.9 Å². The summed E-state index contributed by atoms with van der Waals surface area (Å²) in [5.41, 5.74) is 0.282. The van der Waals surface area contributed by atoms with Gasteiger partial charge in [0.25, 0.3) is 5.91 Å². The Morgan fingerprint density at radius 2 is 1.70 bits per heavy atom. The fraction of sp³-hybridized carbons (Fsp3) is 0.158. The maximum atomic E-state index is 13.4. The van der Waals surface area contributed by atoms with Crippen molar-refractivity contribution in [1.29, 1.82) is 0 Å². The summed E-state index contributed by atoms with van der Waals surface area (Å²) in [4.78, 5) is 23.4. The van der Waals surface area contributed by atoms with Crippen molar-refractivity contribution in [3.05, 3.63) is 59.7 Å². The molecule has 0 aliphatic rings. The highest BCUT2D eigenvalue weighted by Crippen LogP contribution is 2.23. The zero-order chi connectivity index (χ0) is 19.8. The predicted molar refractivity (Wildman–Crippen MR) is 94.5 cm³/mol. The minimum Gasteiger partial charge on any atom is -0.497 e. The minimum atomic E-state index is -0.803.